The van der Waals surface area contributed by atoms with Gasteiger partial charge in [-0.15, -0.1) is 0 Å². The molecule has 1 aromatic carbocycles. The molecule has 0 saturated carbocycles. The Kier molecular flexibility index (Phi) is 7.51. The van der Waals surface area contributed by atoms with Gasteiger partial charge in [-0.3, -0.25) is 4.21 Å². The number of benzene rings is 1. The Labute approximate surface area is 129 Å². The second kappa shape index (κ2) is 8.63. The molecule has 120 valence electrons. The molecule has 7 heteroatoms. The molecule has 0 aliphatic carbocycles. The maximum absolute atomic E-state index is 12.3. The summed E-state index contributed by atoms with van der Waals surface area (Å²) in [6.07, 6.45) is 2.66. The molecule has 0 radical (unpaired) electrons. The lowest BCUT2D eigenvalue weighted by Gasteiger charge is -2.17. The summed E-state index contributed by atoms with van der Waals surface area (Å²) in [7, 11) is -4.46. The number of hydrogen-bond donors (Lipinski definition) is 2. The number of nitrogens with one attached hydrogen (secondary N) is 1. The average molecular weight is 333 g/mol. The first-order chi connectivity index (χ1) is 9.88. The highest BCUT2D eigenvalue weighted by atomic mass is 32.2. The van der Waals surface area contributed by atoms with Crippen LogP contribution in [0.25, 0.3) is 0 Å². The zero-order valence-corrected chi connectivity index (χ0v) is 14.0. The van der Waals surface area contributed by atoms with Crippen LogP contribution in [0.2, 0.25) is 0 Å². The Bertz CT molecular complexity index is 555. The second-order valence-electron chi connectivity index (χ2n) is 4.92. The van der Waals surface area contributed by atoms with Gasteiger partial charge in [-0.25, -0.2) is 8.42 Å². The molecular formula is C14H23NO4S2. The van der Waals surface area contributed by atoms with E-state index in [1.54, 1.807) is 12.1 Å². The first kappa shape index (κ1) is 18.3. The summed E-state index contributed by atoms with van der Waals surface area (Å²) in [4.78, 5) is 0.822. The molecule has 0 aromatic heterocycles. The SMILES string of the molecule is CCCNC(CCO)CS(=O)c1ccc(S(C)(=O)=O)cc1. The van der Waals surface area contributed by atoms with Crippen molar-refractivity contribution < 1.29 is 17.7 Å². The fourth-order valence-electron chi connectivity index (χ4n) is 1.87. The minimum atomic E-state index is -3.23. The van der Waals surface area contributed by atoms with Gasteiger partial charge in [0.1, 0.15) is 0 Å². The van der Waals surface area contributed by atoms with E-state index < -0.39 is 20.6 Å². The maximum atomic E-state index is 12.3. The zero-order chi connectivity index (χ0) is 15.9. The van der Waals surface area contributed by atoms with Crippen LogP contribution in [0, 0.1) is 0 Å². The van der Waals surface area contributed by atoms with E-state index in [1.807, 2.05) is 6.92 Å². The predicted octanol–water partition coefficient (Wildman–Crippen LogP) is 0.948. The highest BCUT2D eigenvalue weighted by Crippen LogP contribution is 2.14. The van der Waals surface area contributed by atoms with Crippen LogP contribution in [-0.2, 0) is 20.6 Å². The molecule has 0 fully saturated rings. The summed E-state index contributed by atoms with van der Waals surface area (Å²) in [5.41, 5.74) is 0. The van der Waals surface area contributed by atoms with Crippen molar-refractivity contribution in [3.8, 4) is 0 Å². The van der Waals surface area contributed by atoms with Crippen molar-refractivity contribution in [2.24, 2.45) is 0 Å². The van der Waals surface area contributed by atoms with Gasteiger partial charge >= 0.3 is 0 Å². The maximum Gasteiger partial charge on any atom is 0.175 e. The van der Waals surface area contributed by atoms with Crippen LogP contribution in [0.5, 0.6) is 0 Å². The van der Waals surface area contributed by atoms with Crippen molar-refractivity contribution in [2.45, 2.75) is 35.6 Å². The number of aliphatic hydroxyl groups excluding tert-OH is 1. The van der Waals surface area contributed by atoms with E-state index in [4.69, 9.17) is 5.11 Å². The topological polar surface area (TPSA) is 83.5 Å². The van der Waals surface area contributed by atoms with Crippen LogP contribution >= 0.6 is 0 Å². The van der Waals surface area contributed by atoms with Crippen LogP contribution in [0.3, 0.4) is 0 Å². The van der Waals surface area contributed by atoms with Gasteiger partial charge in [0.2, 0.25) is 0 Å². The van der Waals surface area contributed by atoms with Gasteiger partial charge in [0.25, 0.3) is 0 Å². The van der Waals surface area contributed by atoms with Crippen LogP contribution < -0.4 is 5.32 Å². The van der Waals surface area contributed by atoms with Crippen molar-refractivity contribution in [2.75, 3.05) is 25.2 Å². The van der Waals surface area contributed by atoms with E-state index in [9.17, 15) is 12.6 Å². The van der Waals surface area contributed by atoms with E-state index in [2.05, 4.69) is 5.32 Å². The fraction of sp³-hybridized carbons (Fsp3) is 0.571. The molecule has 2 N–H and O–H groups in total. The first-order valence-electron chi connectivity index (χ1n) is 6.91. The van der Waals surface area contributed by atoms with Gasteiger partial charge in [-0.2, -0.15) is 0 Å². The standard InChI is InChI=1S/C14H23NO4S2/c1-3-9-15-12(8-10-16)11-20(17)13-4-6-14(7-5-13)21(2,18)19/h4-7,12,15-16H,3,8-11H2,1-2H3. The highest BCUT2D eigenvalue weighted by Gasteiger charge is 2.14. The third-order valence-electron chi connectivity index (χ3n) is 3.03. The Morgan fingerprint density at radius 3 is 2.38 bits per heavy atom. The fourth-order valence-corrected chi connectivity index (χ4v) is 3.78. The Hall–Kier alpha value is -0.760. The predicted molar refractivity (Wildman–Crippen MR) is 84.6 cm³/mol. The quantitative estimate of drug-likeness (QED) is 0.703. The molecule has 0 spiro atoms. The third-order valence-corrected chi connectivity index (χ3v) is 5.66. The molecule has 2 unspecified atom stereocenters. The molecule has 0 saturated heterocycles. The van der Waals surface area contributed by atoms with Gasteiger partial charge in [-0.1, -0.05) is 6.92 Å². The normalized spacial score (nSPS) is 14.8. The van der Waals surface area contributed by atoms with E-state index >= 15 is 0 Å². The molecule has 0 bridgehead atoms. The lowest BCUT2D eigenvalue weighted by atomic mass is 10.2. The van der Waals surface area contributed by atoms with Gasteiger partial charge in [0.05, 0.1) is 15.7 Å². The molecule has 0 aliphatic heterocycles. The minimum Gasteiger partial charge on any atom is -0.396 e. The third kappa shape index (κ3) is 6.25. The largest absolute Gasteiger partial charge is 0.396 e. The zero-order valence-electron chi connectivity index (χ0n) is 12.4. The van der Waals surface area contributed by atoms with Crippen molar-refractivity contribution in [1.29, 1.82) is 0 Å². The van der Waals surface area contributed by atoms with Crippen molar-refractivity contribution in [3.63, 3.8) is 0 Å². The molecule has 1 rings (SSSR count). The molecule has 0 heterocycles. The summed E-state index contributed by atoms with van der Waals surface area (Å²) < 4.78 is 35.1. The first-order valence-corrected chi connectivity index (χ1v) is 10.1. The second-order valence-corrected chi connectivity index (χ2v) is 8.43. The summed E-state index contributed by atoms with van der Waals surface area (Å²) in [5, 5.41) is 12.3. The molecule has 0 aliphatic rings. The molecule has 5 nitrogen and oxygen atoms in total. The Morgan fingerprint density at radius 1 is 1.29 bits per heavy atom. The van der Waals surface area contributed by atoms with E-state index in [0.717, 1.165) is 19.2 Å². The van der Waals surface area contributed by atoms with Crippen molar-refractivity contribution in [3.05, 3.63) is 24.3 Å². The molecule has 1 aromatic rings. The highest BCUT2D eigenvalue weighted by molar-refractivity contribution is 7.90. The lowest BCUT2D eigenvalue weighted by Crippen LogP contribution is -2.35. The van der Waals surface area contributed by atoms with Gasteiger partial charge in [0, 0.05) is 29.6 Å². The van der Waals surface area contributed by atoms with E-state index in [-0.39, 0.29) is 17.5 Å². The summed E-state index contributed by atoms with van der Waals surface area (Å²) >= 11 is 0. The number of rotatable bonds is 9. The number of sulfone groups is 1. The van der Waals surface area contributed by atoms with Crippen molar-refractivity contribution in [1.82, 2.24) is 5.32 Å². The number of aliphatic hydroxyl groups is 1. The summed E-state index contributed by atoms with van der Waals surface area (Å²) in [5.74, 6) is 0.402. The average Bonchev–Trinajstić information content (AvgIpc) is 2.44. The molecule has 21 heavy (non-hydrogen) atoms. The van der Waals surface area contributed by atoms with Gasteiger partial charge < -0.3 is 10.4 Å². The van der Waals surface area contributed by atoms with Crippen LogP contribution in [0.15, 0.2) is 34.1 Å². The van der Waals surface area contributed by atoms with Crippen LogP contribution in [0.4, 0.5) is 0 Å². The number of hydrogen-bond acceptors (Lipinski definition) is 5. The molecule has 2 atom stereocenters. The van der Waals surface area contributed by atoms with Gasteiger partial charge in [-0.05, 0) is 43.7 Å². The Balaban J connectivity index is 2.73. The monoisotopic (exact) mass is 333 g/mol. The molecule has 0 amide bonds. The van der Waals surface area contributed by atoms with Gasteiger partial charge in [0.15, 0.2) is 9.84 Å². The van der Waals surface area contributed by atoms with E-state index in [0.29, 0.717) is 17.1 Å². The smallest absolute Gasteiger partial charge is 0.175 e. The molecular weight excluding hydrogens is 310 g/mol. The van der Waals surface area contributed by atoms with Crippen LogP contribution in [-0.4, -0.2) is 48.9 Å². The minimum absolute atomic E-state index is 0.00892. The van der Waals surface area contributed by atoms with Crippen molar-refractivity contribution >= 4 is 20.6 Å². The Morgan fingerprint density at radius 2 is 1.90 bits per heavy atom. The van der Waals surface area contributed by atoms with E-state index in [1.165, 1.54) is 12.1 Å². The lowest BCUT2D eigenvalue weighted by molar-refractivity contribution is 0.270. The summed E-state index contributed by atoms with van der Waals surface area (Å²) in [6, 6.07) is 6.11. The van der Waals surface area contributed by atoms with Crippen LogP contribution in [0.1, 0.15) is 19.8 Å². The summed E-state index contributed by atoms with van der Waals surface area (Å²) in [6.45, 7) is 2.91.